The summed E-state index contributed by atoms with van der Waals surface area (Å²) < 4.78 is 4.91. The lowest BCUT2D eigenvalue weighted by Gasteiger charge is -2.32. The van der Waals surface area contributed by atoms with Crippen molar-refractivity contribution in [2.75, 3.05) is 13.2 Å². The van der Waals surface area contributed by atoms with E-state index >= 15 is 0 Å². The average Bonchev–Trinajstić information content (AvgIpc) is 2.27. The third-order valence-electron chi connectivity index (χ3n) is 3.50. The van der Waals surface area contributed by atoms with Crippen molar-refractivity contribution >= 4 is 5.97 Å². The first-order valence-electron chi connectivity index (χ1n) is 6.52. The van der Waals surface area contributed by atoms with Crippen LogP contribution in [0.3, 0.4) is 0 Å². The second kappa shape index (κ2) is 6.89. The molecule has 0 spiro atoms. The van der Waals surface area contributed by atoms with Gasteiger partial charge < -0.3 is 10.1 Å². The van der Waals surface area contributed by atoms with E-state index in [1.165, 1.54) is 25.7 Å². The number of ether oxygens (including phenoxy) is 1. The van der Waals surface area contributed by atoms with Gasteiger partial charge in [-0.2, -0.15) is 0 Å². The molecule has 1 aliphatic carbocycles. The number of hydrogen-bond donors (Lipinski definition) is 1. The molecule has 0 aromatic rings. The number of nitrogens with one attached hydrogen (secondary N) is 1. The van der Waals surface area contributed by atoms with Crippen LogP contribution in [0.4, 0.5) is 0 Å². The molecule has 2 atom stereocenters. The van der Waals surface area contributed by atoms with Crippen LogP contribution in [0, 0.1) is 11.8 Å². The van der Waals surface area contributed by atoms with Gasteiger partial charge >= 0.3 is 5.97 Å². The number of carbonyl (C=O) groups is 1. The molecule has 0 bridgehead atoms. The quantitative estimate of drug-likeness (QED) is 0.733. The minimum absolute atomic E-state index is 0.130. The lowest BCUT2D eigenvalue weighted by Crippen LogP contribution is -2.38. The van der Waals surface area contributed by atoms with E-state index < -0.39 is 0 Å². The molecule has 1 aliphatic rings. The zero-order chi connectivity index (χ0) is 12.0. The maximum Gasteiger partial charge on any atom is 0.319 e. The zero-order valence-corrected chi connectivity index (χ0v) is 10.8. The Morgan fingerprint density at radius 1 is 1.44 bits per heavy atom. The van der Waals surface area contributed by atoms with Gasteiger partial charge in [0.25, 0.3) is 0 Å². The Morgan fingerprint density at radius 3 is 2.81 bits per heavy atom. The second-order valence-electron chi connectivity index (χ2n) is 5.05. The van der Waals surface area contributed by atoms with Crippen LogP contribution in [0.2, 0.25) is 0 Å². The van der Waals surface area contributed by atoms with Crippen LogP contribution in [0.5, 0.6) is 0 Å². The average molecular weight is 227 g/mol. The predicted octanol–water partition coefficient (Wildman–Crippen LogP) is 2.35. The van der Waals surface area contributed by atoms with E-state index in [0.717, 1.165) is 11.8 Å². The molecule has 0 aromatic carbocycles. The van der Waals surface area contributed by atoms with E-state index in [2.05, 4.69) is 19.2 Å². The molecule has 1 saturated carbocycles. The summed E-state index contributed by atoms with van der Waals surface area (Å²) in [5, 5.41) is 3.32. The van der Waals surface area contributed by atoms with Gasteiger partial charge in [0.2, 0.25) is 0 Å². The molecule has 0 amide bonds. The Labute approximate surface area is 98.9 Å². The lowest BCUT2D eigenvalue weighted by molar-refractivity contribution is -0.142. The maximum absolute atomic E-state index is 11.2. The predicted molar refractivity (Wildman–Crippen MR) is 65.2 cm³/mol. The molecule has 3 nitrogen and oxygen atoms in total. The van der Waals surface area contributed by atoms with Crippen molar-refractivity contribution in [3.05, 3.63) is 0 Å². The molecule has 0 radical (unpaired) electrons. The molecule has 0 aromatic heterocycles. The van der Waals surface area contributed by atoms with Gasteiger partial charge in [0.15, 0.2) is 0 Å². The Hall–Kier alpha value is -0.570. The standard InChI is InChI=1S/C13H25NO2/c1-4-16-13(15)9-14-12-7-5-6-11(8-12)10(2)3/h10-12,14H,4-9H2,1-3H3. The SMILES string of the molecule is CCOC(=O)CNC1CCCC(C(C)C)C1. The van der Waals surface area contributed by atoms with E-state index in [9.17, 15) is 4.79 Å². The van der Waals surface area contributed by atoms with Gasteiger partial charge in [-0.15, -0.1) is 0 Å². The zero-order valence-electron chi connectivity index (χ0n) is 10.8. The molecule has 0 heterocycles. The van der Waals surface area contributed by atoms with Gasteiger partial charge in [-0.25, -0.2) is 0 Å². The highest BCUT2D eigenvalue weighted by atomic mass is 16.5. The Morgan fingerprint density at radius 2 is 2.19 bits per heavy atom. The van der Waals surface area contributed by atoms with Crippen molar-refractivity contribution in [2.24, 2.45) is 11.8 Å². The summed E-state index contributed by atoms with van der Waals surface area (Å²) in [5.41, 5.74) is 0. The summed E-state index contributed by atoms with van der Waals surface area (Å²) >= 11 is 0. The normalized spacial score (nSPS) is 25.8. The second-order valence-corrected chi connectivity index (χ2v) is 5.05. The first-order chi connectivity index (χ1) is 7.63. The van der Waals surface area contributed by atoms with Crippen LogP contribution in [0.1, 0.15) is 46.5 Å². The van der Waals surface area contributed by atoms with Crippen LogP contribution in [0.15, 0.2) is 0 Å². The van der Waals surface area contributed by atoms with E-state index in [1.54, 1.807) is 0 Å². The Bertz CT molecular complexity index is 216. The van der Waals surface area contributed by atoms with Gasteiger partial charge in [-0.1, -0.05) is 26.7 Å². The van der Waals surface area contributed by atoms with Gasteiger partial charge in [-0.3, -0.25) is 4.79 Å². The highest BCUT2D eigenvalue weighted by Crippen LogP contribution is 2.29. The summed E-state index contributed by atoms with van der Waals surface area (Å²) in [5.74, 6) is 1.44. The van der Waals surface area contributed by atoms with Crippen LogP contribution in [-0.2, 0) is 9.53 Å². The molecule has 1 fully saturated rings. The fourth-order valence-corrected chi connectivity index (χ4v) is 2.46. The highest BCUT2D eigenvalue weighted by Gasteiger charge is 2.24. The van der Waals surface area contributed by atoms with Crippen LogP contribution < -0.4 is 5.32 Å². The summed E-state index contributed by atoms with van der Waals surface area (Å²) in [6.45, 7) is 7.26. The summed E-state index contributed by atoms with van der Waals surface area (Å²) in [6, 6.07) is 0.505. The third-order valence-corrected chi connectivity index (χ3v) is 3.50. The van der Waals surface area contributed by atoms with E-state index in [-0.39, 0.29) is 5.97 Å². The van der Waals surface area contributed by atoms with Crippen molar-refractivity contribution < 1.29 is 9.53 Å². The van der Waals surface area contributed by atoms with E-state index in [1.807, 2.05) is 6.92 Å². The molecule has 0 saturated heterocycles. The topological polar surface area (TPSA) is 38.3 Å². The number of rotatable bonds is 5. The molecule has 0 aliphatic heterocycles. The van der Waals surface area contributed by atoms with Gasteiger partial charge in [0.05, 0.1) is 13.2 Å². The fraction of sp³-hybridized carbons (Fsp3) is 0.923. The van der Waals surface area contributed by atoms with Crippen molar-refractivity contribution in [3.63, 3.8) is 0 Å². The number of esters is 1. The first-order valence-corrected chi connectivity index (χ1v) is 6.52. The molecule has 94 valence electrons. The highest BCUT2D eigenvalue weighted by molar-refractivity contribution is 5.71. The molecule has 1 rings (SSSR count). The fourth-order valence-electron chi connectivity index (χ4n) is 2.46. The Kier molecular flexibility index (Phi) is 5.81. The number of carbonyl (C=O) groups excluding carboxylic acids is 1. The molecular formula is C13H25NO2. The van der Waals surface area contributed by atoms with Crippen LogP contribution >= 0.6 is 0 Å². The minimum Gasteiger partial charge on any atom is -0.465 e. The summed E-state index contributed by atoms with van der Waals surface area (Å²) in [6.07, 6.45) is 5.03. The lowest BCUT2D eigenvalue weighted by atomic mass is 9.79. The van der Waals surface area contributed by atoms with Gasteiger partial charge in [0, 0.05) is 6.04 Å². The van der Waals surface area contributed by atoms with Gasteiger partial charge in [-0.05, 0) is 31.6 Å². The Balaban J connectivity index is 2.24. The molecule has 1 N–H and O–H groups in total. The maximum atomic E-state index is 11.2. The van der Waals surface area contributed by atoms with Gasteiger partial charge in [0.1, 0.15) is 0 Å². The van der Waals surface area contributed by atoms with Crippen LogP contribution in [0.25, 0.3) is 0 Å². The summed E-state index contributed by atoms with van der Waals surface area (Å²) in [7, 11) is 0. The van der Waals surface area contributed by atoms with Crippen molar-refractivity contribution in [1.82, 2.24) is 5.32 Å². The molecule has 16 heavy (non-hydrogen) atoms. The van der Waals surface area contributed by atoms with Crippen molar-refractivity contribution in [1.29, 1.82) is 0 Å². The summed E-state index contributed by atoms with van der Waals surface area (Å²) in [4.78, 5) is 11.2. The van der Waals surface area contributed by atoms with Crippen molar-refractivity contribution in [3.8, 4) is 0 Å². The number of hydrogen-bond acceptors (Lipinski definition) is 3. The molecule has 3 heteroatoms. The monoisotopic (exact) mass is 227 g/mol. The smallest absolute Gasteiger partial charge is 0.319 e. The van der Waals surface area contributed by atoms with Crippen molar-refractivity contribution in [2.45, 2.75) is 52.5 Å². The largest absolute Gasteiger partial charge is 0.465 e. The third kappa shape index (κ3) is 4.52. The van der Waals surface area contributed by atoms with E-state index in [0.29, 0.717) is 19.2 Å². The van der Waals surface area contributed by atoms with Crippen LogP contribution in [-0.4, -0.2) is 25.2 Å². The minimum atomic E-state index is -0.130. The first kappa shape index (κ1) is 13.5. The molecular weight excluding hydrogens is 202 g/mol. The molecule has 2 unspecified atom stereocenters. The van der Waals surface area contributed by atoms with E-state index in [4.69, 9.17) is 4.74 Å².